The van der Waals surface area contributed by atoms with Gasteiger partial charge in [0.05, 0.1) is 23.9 Å². The molecule has 0 radical (unpaired) electrons. The second-order valence-electron chi connectivity index (χ2n) is 7.08. The number of aryl methyl sites for hydroxylation is 2. The van der Waals surface area contributed by atoms with Crippen molar-refractivity contribution in [1.29, 1.82) is 0 Å². The summed E-state index contributed by atoms with van der Waals surface area (Å²) in [7, 11) is 1.59. The molecule has 0 N–H and O–H groups in total. The number of benzene rings is 1. The summed E-state index contributed by atoms with van der Waals surface area (Å²) in [6, 6.07) is 5.62. The van der Waals surface area contributed by atoms with E-state index in [2.05, 4.69) is 20.1 Å². The predicted octanol–water partition coefficient (Wildman–Crippen LogP) is 3.04. The molecule has 0 spiro atoms. The normalized spacial score (nSPS) is 16.2. The van der Waals surface area contributed by atoms with Crippen LogP contribution < -0.4 is 4.74 Å². The summed E-state index contributed by atoms with van der Waals surface area (Å²) >= 11 is 0. The molecule has 1 saturated heterocycles. The van der Waals surface area contributed by atoms with Gasteiger partial charge in [-0.15, -0.1) is 0 Å². The number of likely N-dealkylation sites (tertiary alicyclic amines) is 1. The highest BCUT2D eigenvalue weighted by Crippen LogP contribution is 2.33. The average molecular weight is 393 g/mol. The van der Waals surface area contributed by atoms with Gasteiger partial charge >= 0.3 is 0 Å². The summed E-state index contributed by atoms with van der Waals surface area (Å²) in [4.78, 5) is 28.0. The van der Waals surface area contributed by atoms with E-state index in [4.69, 9.17) is 9.26 Å². The second kappa shape index (κ2) is 7.98. The molecule has 1 fully saturated rings. The average Bonchev–Trinajstić information content (AvgIpc) is 3.43. The van der Waals surface area contributed by atoms with Gasteiger partial charge in [-0.25, -0.2) is 9.97 Å². The Kier molecular flexibility index (Phi) is 5.24. The van der Waals surface area contributed by atoms with Crippen LogP contribution in [0, 0.1) is 6.92 Å². The molecule has 0 saturated carbocycles. The molecule has 1 amide bonds. The second-order valence-corrected chi connectivity index (χ2v) is 7.08. The quantitative estimate of drug-likeness (QED) is 0.657. The van der Waals surface area contributed by atoms with Crippen molar-refractivity contribution in [1.82, 2.24) is 25.0 Å². The molecule has 4 rings (SSSR count). The zero-order valence-corrected chi connectivity index (χ0v) is 16.8. The maximum Gasteiger partial charge on any atom is 0.257 e. The highest BCUT2D eigenvalue weighted by molar-refractivity contribution is 5.97. The fourth-order valence-electron chi connectivity index (χ4n) is 3.77. The van der Waals surface area contributed by atoms with Gasteiger partial charge in [-0.05, 0) is 25.0 Å². The van der Waals surface area contributed by atoms with Gasteiger partial charge in [0, 0.05) is 31.6 Å². The van der Waals surface area contributed by atoms with E-state index in [9.17, 15) is 4.79 Å². The summed E-state index contributed by atoms with van der Waals surface area (Å²) in [5, 5.41) is 4.06. The van der Waals surface area contributed by atoms with Crippen molar-refractivity contribution in [2.75, 3.05) is 20.2 Å². The number of rotatable bonds is 5. The Labute approximate surface area is 168 Å². The third kappa shape index (κ3) is 3.57. The van der Waals surface area contributed by atoms with Crippen LogP contribution >= 0.6 is 0 Å². The Bertz CT molecular complexity index is 1030. The van der Waals surface area contributed by atoms with Gasteiger partial charge in [0.1, 0.15) is 12.1 Å². The third-order valence-electron chi connectivity index (χ3n) is 5.26. The maximum absolute atomic E-state index is 13.1. The van der Waals surface area contributed by atoms with Gasteiger partial charge in [0.25, 0.3) is 5.91 Å². The van der Waals surface area contributed by atoms with Crippen LogP contribution in [0.15, 0.2) is 35.2 Å². The molecule has 3 heterocycles. The maximum atomic E-state index is 13.1. The van der Waals surface area contributed by atoms with E-state index in [0.29, 0.717) is 42.5 Å². The zero-order chi connectivity index (χ0) is 20.4. The number of para-hydroxylation sites is 1. The number of carbonyl (C=O) groups excluding carboxylic acids is 1. The summed E-state index contributed by atoms with van der Waals surface area (Å²) in [6.07, 6.45) is 4.71. The van der Waals surface area contributed by atoms with Gasteiger partial charge in [0.2, 0.25) is 11.7 Å². The van der Waals surface area contributed by atoms with E-state index >= 15 is 0 Å². The van der Waals surface area contributed by atoms with Gasteiger partial charge in [0.15, 0.2) is 0 Å². The number of amides is 1. The van der Waals surface area contributed by atoms with Crippen molar-refractivity contribution in [2.45, 2.75) is 32.6 Å². The van der Waals surface area contributed by atoms with Crippen LogP contribution in [0.5, 0.6) is 5.75 Å². The van der Waals surface area contributed by atoms with Crippen LogP contribution in [0.25, 0.3) is 11.4 Å². The minimum Gasteiger partial charge on any atom is -0.496 e. The first-order valence-corrected chi connectivity index (χ1v) is 9.68. The number of carbonyl (C=O) groups is 1. The fourth-order valence-corrected chi connectivity index (χ4v) is 3.77. The number of nitrogens with zero attached hydrogens (tertiary/aromatic N) is 5. The van der Waals surface area contributed by atoms with Gasteiger partial charge in [-0.3, -0.25) is 4.79 Å². The first kappa shape index (κ1) is 19.0. The van der Waals surface area contributed by atoms with Crippen molar-refractivity contribution in [3.8, 4) is 17.1 Å². The van der Waals surface area contributed by atoms with E-state index in [1.54, 1.807) is 13.3 Å². The number of methoxy groups -OCH3 is 1. The van der Waals surface area contributed by atoms with Crippen LogP contribution in [0.1, 0.15) is 46.8 Å². The molecule has 1 aliphatic rings. The predicted molar refractivity (Wildman–Crippen MR) is 106 cm³/mol. The van der Waals surface area contributed by atoms with Crippen molar-refractivity contribution < 1.29 is 14.1 Å². The van der Waals surface area contributed by atoms with Gasteiger partial charge in [-0.2, -0.15) is 4.98 Å². The summed E-state index contributed by atoms with van der Waals surface area (Å²) in [5.41, 5.74) is 3.12. The lowest BCUT2D eigenvalue weighted by atomic mass is 10.00. The molecule has 150 valence electrons. The van der Waals surface area contributed by atoms with Gasteiger partial charge in [-0.1, -0.05) is 24.2 Å². The van der Waals surface area contributed by atoms with Gasteiger partial charge < -0.3 is 14.2 Å². The van der Waals surface area contributed by atoms with E-state index in [0.717, 1.165) is 23.2 Å². The van der Waals surface area contributed by atoms with Crippen LogP contribution in [0.4, 0.5) is 0 Å². The van der Waals surface area contributed by atoms with E-state index < -0.39 is 0 Å². The van der Waals surface area contributed by atoms with Crippen molar-refractivity contribution >= 4 is 5.91 Å². The van der Waals surface area contributed by atoms with Crippen molar-refractivity contribution in [3.63, 3.8) is 0 Å². The Morgan fingerprint density at radius 3 is 3.00 bits per heavy atom. The molecule has 0 aliphatic carbocycles. The minimum atomic E-state index is -0.0310. The highest BCUT2D eigenvalue weighted by atomic mass is 16.5. The van der Waals surface area contributed by atoms with Crippen molar-refractivity contribution in [3.05, 3.63) is 53.4 Å². The lowest BCUT2D eigenvalue weighted by molar-refractivity contribution is 0.0787. The molecular weight excluding hydrogens is 370 g/mol. The van der Waals surface area contributed by atoms with Crippen molar-refractivity contribution in [2.24, 2.45) is 0 Å². The SMILES string of the molecule is CCc1nc(-c2cncnc2[C@H]2CCN(C(=O)c3cccc(C)c3OC)C2)no1. The molecule has 0 unspecified atom stereocenters. The molecule has 1 atom stereocenters. The third-order valence-corrected chi connectivity index (χ3v) is 5.26. The molecule has 29 heavy (non-hydrogen) atoms. The Hall–Kier alpha value is -3.29. The summed E-state index contributed by atoms with van der Waals surface area (Å²) in [5.74, 6) is 1.74. The molecule has 8 heteroatoms. The molecule has 0 bridgehead atoms. The van der Waals surface area contributed by atoms with E-state index in [1.807, 2.05) is 36.9 Å². The number of ether oxygens (including phenoxy) is 1. The number of aromatic nitrogens is 4. The topological polar surface area (TPSA) is 94.2 Å². The lowest BCUT2D eigenvalue weighted by Gasteiger charge is -2.19. The highest BCUT2D eigenvalue weighted by Gasteiger charge is 2.32. The molecular formula is C21H23N5O3. The number of hydrogen-bond acceptors (Lipinski definition) is 7. The Balaban J connectivity index is 1.58. The summed E-state index contributed by atoms with van der Waals surface area (Å²) in [6.45, 7) is 5.11. The minimum absolute atomic E-state index is 0.0310. The number of hydrogen-bond donors (Lipinski definition) is 0. The van der Waals surface area contributed by atoms with Crippen LogP contribution in [-0.4, -0.2) is 51.1 Å². The molecule has 1 aromatic carbocycles. The largest absolute Gasteiger partial charge is 0.496 e. The van der Waals surface area contributed by atoms with E-state index in [-0.39, 0.29) is 11.8 Å². The zero-order valence-electron chi connectivity index (χ0n) is 16.8. The molecule has 8 nitrogen and oxygen atoms in total. The van der Waals surface area contributed by atoms with E-state index in [1.165, 1.54) is 6.33 Å². The molecule has 1 aliphatic heterocycles. The monoisotopic (exact) mass is 393 g/mol. The molecule has 2 aromatic heterocycles. The van der Waals surface area contributed by atoms with Crippen LogP contribution in [-0.2, 0) is 6.42 Å². The Morgan fingerprint density at radius 1 is 1.38 bits per heavy atom. The van der Waals surface area contributed by atoms with Crippen LogP contribution in [0.2, 0.25) is 0 Å². The smallest absolute Gasteiger partial charge is 0.257 e. The molecule has 3 aromatic rings. The first-order chi connectivity index (χ1) is 14.1. The Morgan fingerprint density at radius 2 is 2.24 bits per heavy atom. The summed E-state index contributed by atoms with van der Waals surface area (Å²) < 4.78 is 10.7. The first-order valence-electron chi connectivity index (χ1n) is 9.68. The standard InChI is InChI=1S/C21H23N5O3/c1-4-17-24-20(25-29-17)16-10-22-12-23-18(16)14-8-9-26(11-14)21(27)15-7-5-6-13(2)19(15)28-3/h5-7,10,12,14H,4,8-9,11H2,1-3H3/t14-/m0/s1. The van der Waals surface area contributed by atoms with Crippen LogP contribution in [0.3, 0.4) is 0 Å². The fraction of sp³-hybridized carbons (Fsp3) is 0.381. The lowest BCUT2D eigenvalue weighted by Crippen LogP contribution is -2.29.